The van der Waals surface area contributed by atoms with Gasteiger partial charge >= 0.3 is 5.97 Å². The van der Waals surface area contributed by atoms with Gasteiger partial charge in [0.05, 0.1) is 12.5 Å². The number of amides is 1. The van der Waals surface area contributed by atoms with E-state index in [1.165, 1.54) is 32.8 Å². The maximum Gasteiger partial charge on any atom is 0.306 e. The van der Waals surface area contributed by atoms with Crippen molar-refractivity contribution in [3.63, 3.8) is 0 Å². The summed E-state index contributed by atoms with van der Waals surface area (Å²) in [5, 5.41) is 11.5. The molecule has 0 spiro atoms. The second kappa shape index (κ2) is 6.37. The normalized spacial score (nSPS) is 30.3. The van der Waals surface area contributed by atoms with E-state index in [0.29, 0.717) is 12.3 Å². The Morgan fingerprint density at radius 3 is 2.68 bits per heavy atom. The number of carboxylic acids is 1. The molecule has 2 aliphatic rings. The first-order valence-electron chi connectivity index (χ1n) is 7.09. The number of rotatable bonds is 7. The van der Waals surface area contributed by atoms with Crippen LogP contribution in [0.15, 0.2) is 0 Å². The monoisotopic (exact) mass is 269 g/mol. The van der Waals surface area contributed by atoms with Crippen LogP contribution in [-0.2, 0) is 14.3 Å². The standard InChI is InChI=1S/C14H23NO4/c1-19-12(7-14(17)18)8-15-13(16)6-11-5-9-2-3-10(11)4-9/h9-12H,2-8H2,1H3,(H,15,16)(H,17,18). The maximum absolute atomic E-state index is 11.9. The van der Waals surface area contributed by atoms with Gasteiger partial charge in [0.15, 0.2) is 0 Å². The second-order valence-electron chi connectivity index (χ2n) is 5.90. The number of ether oxygens (including phenoxy) is 1. The van der Waals surface area contributed by atoms with Crippen LogP contribution in [-0.4, -0.2) is 36.7 Å². The van der Waals surface area contributed by atoms with Crippen molar-refractivity contribution in [2.75, 3.05) is 13.7 Å². The number of carboxylic acid groups (broad SMARTS) is 1. The molecule has 0 aliphatic heterocycles. The fourth-order valence-electron chi connectivity index (χ4n) is 3.60. The molecule has 0 saturated heterocycles. The van der Waals surface area contributed by atoms with Crippen LogP contribution in [0.4, 0.5) is 0 Å². The van der Waals surface area contributed by atoms with Crippen molar-refractivity contribution < 1.29 is 19.4 Å². The van der Waals surface area contributed by atoms with E-state index in [2.05, 4.69) is 5.32 Å². The van der Waals surface area contributed by atoms with Gasteiger partial charge in [-0.2, -0.15) is 0 Å². The summed E-state index contributed by atoms with van der Waals surface area (Å²) in [5.41, 5.74) is 0. The van der Waals surface area contributed by atoms with E-state index in [4.69, 9.17) is 9.84 Å². The van der Waals surface area contributed by atoms with Crippen molar-refractivity contribution in [3.05, 3.63) is 0 Å². The molecule has 5 heteroatoms. The molecule has 0 aromatic carbocycles. The third kappa shape index (κ3) is 3.93. The first kappa shape index (κ1) is 14.3. The van der Waals surface area contributed by atoms with E-state index in [1.807, 2.05) is 0 Å². The molecule has 0 radical (unpaired) electrons. The minimum atomic E-state index is -0.908. The lowest BCUT2D eigenvalue weighted by Gasteiger charge is -2.21. The fourth-order valence-corrected chi connectivity index (χ4v) is 3.60. The molecule has 2 saturated carbocycles. The summed E-state index contributed by atoms with van der Waals surface area (Å²) in [5.74, 6) is 1.26. The number of hydrogen-bond acceptors (Lipinski definition) is 3. The fraction of sp³-hybridized carbons (Fsp3) is 0.857. The zero-order valence-corrected chi connectivity index (χ0v) is 11.4. The van der Waals surface area contributed by atoms with Gasteiger partial charge in [-0.15, -0.1) is 0 Å². The van der Waals surface area contributed by atoms with E-state index < -0.39 is 12.1 Å². The van der Waals surface area contributed by atoms with Crippen LogP contribution in [0.1, 0.15) is 38.5 Å². The lowest BCUT2D eigenvalue weighted by molar-refractivity contribution is -0.140. The van der Waals surface area contributed by atoms with E-state index in [9.17, 15) is 9.59 Å². The highest BCUT2D eigenvalue weighted by Crippen LogP contribution is 2.49. The predicted octanol–water partition coefficient (Wildman–Crippen LogP) is 1.42. The second-order valence-corrected chi connectivity index (χ2v) is 5.90. The first-order chi connectivity index (χ1) is 9.08. The minimum Gasteiger partial charge on any atom is -0.481 e. The first-order valence-corrected chi connectivity index (χ1v) is 7.09. The van der Waals surface area contributed by atoms with Crippen molar-refractivity contribution in [1.29, 1.82) is 0 Å². The Balaban J connectivity index is 1.68. The molecule has 2 N–H and O–H groups in total. The Morgan fingerprint density at radius 1 is 1.37 bits per heavy atom. The van der Waals surface area contributed by atoms with Gasteiger partial charge in [-0.1, -0.05) is 6.42 Å². The SMILES string of the molecule is COC(CNC(=O)CC1CC2CCC1C2)CC(=O)O. The van der Waals surface area contributed by atoms with Crippen LogP contribution < -0.4 is 5.32 Å². The number of hydrogen-bond donors (Lipinski definition) is 2. The highest BCUT2D eigenvalue weighted by Gasteiger charge is 2.40. The zero-order valence-electron chi connectivity index (χ0n) is 11.4. The smallest absolute Gasteiger partial charge is 0.306 e. The summed E-state index contributed by atoms with van der Waals surface area (Å²) in [6.07, 6.45) is 5.19. The zero-order chi connectivity index (χ0) is 13.8. The lowest BCUT2D eigenvalue weighted by atomic mass is 9.86. The summed E-state index contributed by atoms with van der Waals surface area (Å²) < 4.78 is 5.04. The van der Waals surface area contributed by atoms with Crippen LogP contribution in [0.25, 0.3) is 0 Å². The topological polar surface area (TPSA) is 75.6 Å². The minimum absolute atomic E-state index is 0.0324. The van der Waals surface area contributed by atoms with Crippen molar-refractivity contribution >= 4 is 11.9 Å². The summed E-state index contributed by atoms with van der Waals surface area (Å²) in [6, 6.07) is 0. The quantitative estimate of drug-likeness (QED) is 0.733. The molecule has 2 fully saturated rings. The van der Waals surface area contributed by atoms with Gasteiger partial charge in [-0.25, -0.2) is 0 Å². The third-order valence-electron chi connectivity index (χ3n) is 4.59. The molecule has 4 unspecified atom stereocenters. The Morgan fingerprint density at radius 2 is 2.16 bits per heavy atom. The molecule has 1 amide bonds. The molecular weight excluding hydrogens is 246 g/mol. The van der Waals surface area contributed by atoms with Crippen molar-refractivity contribution in [1.82, 2.24) is 5.32 Å². The molecule has 0 aromatic rings. The van der Waals surface area contributed by atoms with Crippen LogP contribution in [0, 0.1) is 17.8 Å². The molecular formula is C14H23NO4. The van der Waals surface area contributed by atoms with Gasteiger partial charge in [-0.3, -0.25) is 9.59 Å². The number of nitrogens with one attached hydrogen (secondary N) is 1. The molecule has 2 rings (SSSR count). The van der Waals surface area contributed by atoms with E-state index >= 15 is 0 Å². The van der Waals surface area contributed by atoms with E-state index in [-0.39, 0.29) is 18.9 Å². The van der Waals surface area contributed by atoms with Gasteiger partial charge in [-0.05, 0) is 37.0 Å². The third-order valence-corrected chi connectivity index (χ3v) is 4.59. The van der Waals surface area contributed by atoms with Crippen LogP contribution >= 0.6 is 0 Å². The molecule has 4 atom stereocenters. The van der Waals surface area contributed by atoms with Crippen LogP contribution in [0.5, 0.6) is 0 Å². The molecule has 19 heavy (non-hydrogen) atoms. The van der Waals surface area contributed by atoms with Gasteiger partial charge in [0.1, 0.15) is 0 Å². The van der Waals surface area contributed by atoms with Crippen LogP contribution in [0.3, 0.4) is 0 Å². The lowest BCUT2D eigenvalue weighted by Crippen LogP contribution is -2.35. The van der Waals surface area contributed by atoms with E-state index in [0.717, 1.165) is 11.8 Å². The highest BCUT2D eigenvalue weighted by atomic mass is 16.5. The van der Waals surface area contributed by atoms with Gasteiger partial charge in [0, 0.05) is 20.1 Å². The number of carbonyl (C=O) groups is 2. The van der Waals surface area contributed by atoms with Crippen molar-refractivity contribution in [3.8, 4) is 0 Å². The van der Waals surface area contributed by atoms with Gasteiger partial charge in [0.25, 0.3) is 0 Å². The molecule has 2 bridgehead atoms. The average Bonchev–Trinajstić information content (AvgIpc) is 2.96. The number of aliphatic carboxylic acids is 1. The number of fused-ring (bicyclic) bond motifs is 2. The average molecular weight is 269 g/mol. The largest absolute Gasteiger partial charge is 0.481 e. The molecule has 108 valence electrons. The Kier molecular flexibility index (Phi) is 4.80. The molecule has 0 heterocycles. The van der Waals surface area contributed by atoms with E-state index in [1.54, 1.807) is 0 Å². The summed E-state index contributed by atoms with van der Waals surface area (Å²) in [4.78, 5) is 22.5. The highest BCUT2D eigenvalue weighted by molar-refractivity contribution is 5.76. The van der Waals surface area contributed by atoms with Crippen molar-refractivity contribution in [2.24, 2.45) is 17.8 Å². The summed E-state index contributed by atoms with van der Waals surface area (Å²) in [6.45, 7) is 0.280. The number of carbonyl (C=O) groups excluding carboxylic acids is 1. The van der Waals surface area contributed by atoms with Crippen molar-refractivity contribution in [2.45, 2.75) is 44.6 Å². The van der Waals surface area contributed by atoms with Gasteiger partial charge in [0.2, 0.25) is 5.91 Å². The van der Waals surface area contributed by atoms with Crippen LogP contribution in [0.2, 0.25) is 0 Å². The summed E-state index contributed by atoms with van der Waals surface area (Å²) in [7, 11) is 1.47. The number of methoxy groups -OCH3 is 1. The molecule has 0 aromatic heterocycles. The Hall–Kier alpha value is -1.10. The van der Waals surface area contributed by atoms with Gasteiger partial charge < -0.3 is 15.2 Å². The molecule has 5 nitrogen and oxygen atoms in total. The summed E-state index contributed by atoms with van der Waals surface area (Å²) >= 11 is 0. The predicted molar refractivity (Wildman–Crippen MR) is 69.6 cm³/mol. The Bertz CT molecular complexity index is 344. The Labute approximate surface area is 113 Å². The molecule has 2 aliphatic carbocycles. The maximum atomic E-state index is 11.9.